The third kappa shape index (κ3) is 3.96. The molecule has 2 rings (SSSR count). The molecule has 0 heterocycles. The molecule has 1 aliphatic rings. The molecule has 104 valence electrons. The first-order chi connectivity index (χ1) is 9.08. The first-order valence-electron chi connectivity index (χ1n) is 6.84. The summed E-state index contributed by atoms with van der Waals surface area (Å²) >= 11 is 9.34. The van der Waals surface area contributed by atoms with Crippen molar-refractivity contribution in [1.29, 1.82) is 0 Å². The summed E-state index contributed by atoms with van der Waals surface area (Å²) in [6, 6.07) is 5.50. The van der Waals surface area contributed by atoms with Gasteiger partial charge in [0.25, 0.3) is 5.91 Å². The van der Waals surface area contributed by atoms with Gasteiger partial charge < -0.3 is 5.32 Å². The molecule has 0 aliphatic heterocycles. The third-order valence-corrected chi connectivity index (χ3v) is 4.82. The second-order valence-corrected chi connectivity index (χ2v) is 6.58. The Morgan fingerprint density at radius 2 is 2.05 bits per heavy atom. The molecule has 1 aliphatic carbocycles. The van der Waals surface area contributed by atoms with Crippen LogP contribution in [-0.4, -0.2) is 11.9 Å². The molecule has 2 nitrogen and oxygen atoms in total. The van der Waals surface area contributed by atoms with Crippen LogP contribution in [0.1, 0.15) is 49.4 Å². The van der Waals surface area contributed by atoms with Crippen LogP contribution in [0, 0.1) is 5.92 Å². The highest BCUT2D eigenvalue weighted by Crippen LogP contribution is 2.27. The zero-order valence-corrected chi connectivity index (χ0v) is 13.4. The van der Waals surface area contributed by atoms with Gasteiger partial charge in [-0.2, -0.15) is 0 Å². The van der Waals surface area contributed by atoms with Crippen LogP contribution in [0.4, 0.5) is 0 Å². The van der Waals surface area contributed by atoms with Gasteiger partial charge in [-0.25, -0.2) is 0 Å². The van der Waals surface area contributed by atoms with Crippen LogP contribution in [-0.2, 0) is 0 Å². The molecule has 1 aromatic carbocycles. The van der Waals surface area contributed by atoms with Crippen LogP contribution in [0.2, 0.25) is 5.02 Å². The molecular formula is C15H19BrClNO. The summed E-state index contributed by atoms with van der Waals surface area (Å²) < 4.78 is 0.783. The number of halogens is 2. The van der Waals surface area contributed by atoms with Gasteiger partial charge in [-0.1, -0.05) is 30.9 Å². The van der Waals surface area contributed by atoms with E-state index in [0.29, 0.717) is 16.5 Å². The van der Waals surface area contributed by atoms with Crippen molar-refractivity contribution in [2.75, 3.05) is 0 Å². The van der Waals surface area contributed by atoms with E-state index in [4.69, 9.17) is 11.6 Å². The summed E-state index contributed by atoms with van der Waals surface area (Å²) in [7, 11) is 0. The van der Waals surface area contributed by atoms with E-state index in [0.717, 1.165) is 4.47 Å². The minimum Gasteiger partial charge on any atom is -0.349 e. The molecule has 1 atom stereocenters. The fourth-order valence-electron chi connectivity index (χ4n) is 2.71. The third-order valence-electron chi connectivity index (χ3n) is 3.89. The molecule has 0 bridgehead atoms. The summed E-state index contributed by atoms with van der Waals surface area (Å²) in [6.45, 7) is 2.10. The number of benzene rings is 1. The zero-order valence-electron chi connectivity index (χ0n) is 11.1. The maximum Gasteiger partial charge on any atom is 0.252 e. The Labute approximate surface area is 128 Å². The number of amides is 1. The Bertz CT molecular complexity index is 457. The molecule has 0 radical (unpaired) electrons. The Kier molecular flexibility index (Phi) is 5.28. The van der Waals surface area contributed by atoms with E-state index in [1.165, 1.54) is 32.1 Å². The van der Waals surface area contributed by atoms with Crippen LogP contribution in [0.3, 0.4) is 0 Å². The van der Waals surface area contributed by atoms with Crippen molar-refractivity contribution in [1.82, 2.24) is 5.32 Å². The topological polar surface area (TPSA) is 29.1 Å². The molecule has 0 saturated heterocycles. The lowest BCUT2D eigenvalue weighted by atomic mass is 9.84. The highest BCUT2D eigenvalue weighted by molar-refractivity contribution is 9.10. The monoisotopic (exact) mass is 343 g/mol. The highest BCUT2D eigenvalue weighted by atomic mass is 79.9. The molecule has 1 saturated carbocycles. The maximum absolute atomic E-state index is 12.3. The van der Waals surface area contributed by atoms with Crippen molar-refractivity contribution >= 4 is 33.4 Å². The second kappa shape index (κ2) is 6.76. The van der Waals surface area contributed by atoms with Crippen molar-refractivity contribution in [2.45, 2.75) is 45.1 Å². The average Bonchev–Trinajstić information content (AvgIpc) is 2.42. The first kappa shape index (κ1) is 14.9. The summed E-state index contributed by atoms with van der Waals surface area (Å²) in [5.41, 5.74) is 0.607. The van der Waals surface area contributed by atoms with E-state index in [2.05, 4.69) is 28.2 Å². The summed E-state index contributed by atoms with van der Waals surface area (Å²) in [5, 5.41) is 3.69. The number of rotatable bonds is 3. The van der Waals surface area contributed by atoms with E-state index in [1.807, 2.05) is 6.07 Å². The largest absolute Gasteiger partial charge is 0.349 e. The van der Waals surface area contributed by atoms with Crippen LogP contribution < -0.4 is 5.32 Å². The summed E-state index contributed by atoms with van der Waals surface area (Å²) in [4.78, 5) is 12.3. The fraction of sp³-hybridized carbons (Fsp3) is 0.533. The number of hydrogen-bond acceptors (Lipinski definition) is 1. The van der Waals surface area contributed by atoms with Crippen molar-refractivity contribution in [3.63, 3.8) is 0 Å². The lowest BCUT2D eigenvalue weighted by molar-refractivity contribution is 0.0918. The van der Waals surface area contributed by atoms with Gasteiger partial charge in [0, 0.05) is 15.5 Å². The standard InChI is InChI=1S/C15H19BrClNO/c1-10(11-5-3-2-4-6-11)18-15(19)13-9-12(17)7-8-14(13)16/h7-11H,2-6H2,1H3,(H,18,19). The molecule has 1 N–H and O–H groups in total. The summed E-state index contributed by atoms with van der Waals surface area (Å²) in [6.07, 6.45) is 6.34. The predicted octanol–water partition coefficient (Wildman–Crippen LogP) is 4.80. The van der Waals surface area contributed by atoms with Crippen LogP contribution in [0.5, 0.6) is 0 Å². The highest BCUT2D eigenvalue weighted by Gasteiger charge is 2.22. The van der Waals surface area contributed by atoms with Gasteiger partial charge in [0.2, 0.25) is 0 Å². The van der Waals surface area contributed by atoms with Crippen molar-refractivity contribution < 1.29 is 4.79 Å². The van der Waals surface area contributed by atoms with E-state index in [1.54, 1.807) is 12.1 Å². The second-order valence-electron chi connectivity index (χ2n) is 5.28. The van der Waals surface area contributed by atoms with Crippen LogP contribution in [0.15, 0.2) is 22.7 Å². The minimum absolute atomic E-state index is 0.0487. The molecule has 1 aromatic rings. The van der Waals surface area contributed by atoms with Gasteiger partial charge >= 0.3 is 0 Å². The van der Waals surface area contributed by atoms with Crippen molar-refractivity contribution in [3.05, 3.63) is 33.3 Å². The number of carbonyl (C=O) groups excluding carboxylic acids is 1. The number of nitrogens with one attached hydrogen (secondary N) is 1. The Morgan fingerprint density at radius 3 is 2.74 bits per heavy atom. The maximum atomic E-state index is 12.3. The SMILES string of the molecule is CC(NC(=O)c1cc(Cl)ccc1Br)C1CCCCC1. The van der Waals surface area contributed by atoms with Crippen LogP contribution in [0.25, 0.3) is 0 Å². The van der Waals surface area contributed by atoms with Gasteiger partial charge in [-0.3, -0.25) is 4.79 Å². The van der Waals surface area contributed by atoms with E-state index in [9.17, 15) is 4.79 Å². The lowest BCUT2D eigenvalue weighted by Gasteiger charge is -2.28. The first-order valence-corrected chi connectivity index (χ1v) is 8.01. The van der Waals surface area contributed by atoms with E-state index in [-0.39, 0.29) is 11.9 Å². The predicted molar refractivity (Wildman–Crippen MR) is 82.7 cm³/mol. The van der Waals surface area contributed by atoms with E-state index < -0.39 is 0 Å². The van der Waals surface area contributed by atoms with Gasteiger partial charge in [0.05, 0.1) is 5.56 Å². The molecule has 19 heavy (non-hydrogen) atoms. The Morgan fingerprint density at radius 1 is 1.37 bits per heavy atom. The van der Waals surface area contributed by atoms with Gasteiger partial charge in [0.1, 0.15) is 0 Å². The van der Waals surface area contributed by atoms with Crippen LogP contribution >= 0.6 is 27.5 Å². The average molecular weight is 345 g/mol. The van der Waals surface area contributed by atoms with Gasteiger partial charge in [-0.05, 0) is 59.8 Å². The molecule has 1 amide bonds. The Balaban J connectivity index is 2.01. The quantitative estimate of drug-likeness (QED) is 0.838. The lowest BCUT2D eigenvalue weighted by Crippen LogP contribution is -2.39. The van der Waals surface area contributed by atoms with Crippen molar-refractivity contribution in [2.24, 2.45) is 5.92 Å². The van der Waals surface area contributed by atoms with Crippen molar-refractivity contribution in [3.8, 4) is 0 Å². The van der Waals surface area contributed by atoms with E-state index >= 15 is 0 Å². The zero-order chi connectivity index (χ0) is 13.8. The molecule has 4 heteroatoms. The fourth-order valence-corrected chi connectivity index (χ4v) is 3.31. The molecular weight excluding hydrogens is 326 g/mol. The molecule has 1 fully saturated rings. The van der Waals surface area contributed by atoms with Gasteiger partial charge in [-0.15, -0.1) is 0 Å². The summed E-state index contributed by atoms with van der Waals surface area (Å²) in [5.74, 6) is 0.558. The van der Waals surface area contributed by atoms with Gasteiger partial charge in [0.15, 0.2) is 0 Å². The number of carbonyl (C=O) groups is 1. The smallest absolute Gasteiger partial charge is 0.252 e. The minimum atomic E-state index is -0.0487. The number of hydrogen-bond donors (Lipinski definition) is 1. The molecule has 0 spiro atoms. The Hall–Kier alpha value is -0.540. The molecule has 1 unspecified atom stereocenters. The molecule has 0 aromatic heterocycles. The normalized spacial score (nSPS) is 18.1.